The van der Waals surface area contributed by atoms with Crippen LogP contribution < -0.4 is 10.6 Å². The quantitative estimate of drug-likeness (QED) is 0.604. The van der Waals surface area contributed by atoms with Crippen LogP contribution in [0.3, 0.4) is 0 Å². The van der Waals surface area contributed by atoms with Gasteiger partial charge in [-0.2, -0.15) is 0 Å². The van der Waals surface area contributed by atoms with Crippen LogP contribution in [0.15, 0.2) is 54.6 Å². The molecule has 0 aliphatic heterocycles. The van der Waals surface area contributed by atoms with E-state index in [1.54, 1.807) is 0 Å². The molecule has 0 aliphatic carbocycles. The van der Waals surface area contributed by atoms with Crippen molar-refractivity contribution in [3.05, 3.63) is 76.4 Å². The maximum atomic E-state index is 11.9. The largest absolute Gasteiger partial charge is 0.372 e. The van der Waals surface area contributed by atoms with Crippen LogP contribution in [0, 0.1) is 6.92 Å². The van der Waals surface area contributed by atoms with Crippen molar-refractivity contribution in [1.82, 2.24) is 4.57 Å². The fourth-order valence-corrected chi connectivity index (χ4v) is 3.76. The molecule has 0 saturated carbocycles. The Labute approximate surface area is 171 Å². The fourth-order valence-electron chi connectivity index (χ4n) is 3.57. The Hall–Kier alpha value is -2.72. The molecule has 1 heterocycles. The Morgan fingerprint density at radius 2 is 1.71 bits per heavy atom. The van der Waals surface area contributed by atoms with Crippen molar-refractivity contribution >= 4 is 23.2 Å². The van der Waals surface area contributed by atoms with E-state index in [2.05, 4.69) is 47.6 Å². The first kappa shape index (κ1) is 20.0. The predicted molar refractivity (Wildman–Crippen MR) is 117 cm³/mol. The minimum absolute atomic E-state index is 0.420. The predicted octanol–water partition coefficient (Wildman–Crippen LogP) is 5.11. The Balaban J connectivity index is 2.06. The number of carbonyl (C=O) groups excluding carboxylic acids is 1. The second kappa shape index (κ2) is 8.53. The molecule has 2 N–H and O–H groups in total. The molecule has 5 heteroatoms. The number of hydrogen-bond acceptors (Lipinski definition) is 2. The number of halogens is 1. The maximum absolute atomic E-state index is 11.9. The van der Waals surface area contributed by atoms with Gasteiger partial charge in [-0.3, -0.25) is 4.79 Å². The summed E-state index contributed by atoms with van der Waals surface area (Å²) in [4.78, 5) is 14.2. The number of nitrogens with zero attached hydrogens (tertiary/aromatic N) is 2. The number of nitrogens with two attached hydrogens (primary N) is 1. The lowest BCUT2D eigenvalue weighted by atomic mass is 10.1. The van der Waals surface area contributed by atoms with Gasteiger partial charge >= 0.3 is 0 Å². The fraction of sp³-hybridized carbons (Fsp3) is 0.261. The van der Waals surface area contributed by atoms with Gasteiger partial charge in [-0.05, 0) is 56.2 Å². The third kappa shape index (κ3) is 3.92. The van der Waals surface area contributed by atoms with Gasteiger partial charge in [-0.1, -0.05) is 41.9 Å². The molecule has 0 saturated heterocycles. The number of carbonyl (C=O) groups is 1. The molecule has 4 nitrogen and oxygen atoms in total. The van der Waals surface area contributed by atoms with E-state index in [4.69, 9.17) is 17.3 Å². The molecule has 146 valence electrons. The highest BCUT2D eigenvalue weighted by Crippen LogP contribution is 2.30. The summed E-state index contributed by atoms with van der Waals surface area (Å²) in [5.41, 5.74) is 11.2. The molecule has 1 aromatic heterocycles. The molecule has 0 radical (unpaired) electrons. The first-order chi connectivity index (χ1) is 13.5. The van der Waals surface area contributed by atoms with E-state index in [0.717, 1.165) is 35.6 Å². The van der Waals surface area contributed by atoms with Gasteiger partial charge in [-0.25, -0.2) is 0 Å². The van der Waals surface area contributed by atoms with E-state index in [9.17, 15) is 4.79 Å². The Morgan fingerprint density at radius 3 is 2.29 bits per heavy atom. The smallest absolute Gasteiger partial charge is 0.250 e. The molecular weight excluding hydrogens is 370 g/mol. The molecule has 0 spiro atoms. The van der Waals surface area contributed by atoms with Crippen molar-refractivity contribution in [2.75, 3.05) is 18.0 Å². The van der Waals surface area contributed by atoms with Crippen LogP contribution in [0.2, 0.25) is 5.02 Å². The Kier molecular flexibility index (Phi) is 6.10. The zero-order valence-corrected chi connectivity index (χ0v) is 17.3. The summed E-state index contributed by atoms with van der Waals surface area (Å²) in [7, 11) is 0. The summed E-state index contributed by atoms with van der Waals surface area (Å²) in [5, 5.41) is 0.707. The molecule has 3 rings (SSSR count). The zero-order chi connectivity index (χ0) is 20.3. The number of benzene rings is 2. The van der Waals surface area contributed by atoms with Crippen molar-refractivity contribution in [3.8, 4) is 11.3 Å². The minimum Gasteiger partial charge on any atom is -0.372 e. The van der Waals surface area contributed by atoms with Crippen molar-refractivity contribution in [2.24, 2.45) is 5.73 Å². The van der Waals surface area contributed by atoms with Crippen molar-refractivity contribution in [2.45, 2.75) is 27.3 Å². The number of amides is 1. The molecule has 1 amide bonds. The number of hydrogen-bond donors (Lipinski definition) is 1. The van der Waals surface area contributed by atoms with Gasteiger partial charge in [0, 0.05) is 41.7 Å². The summed E-state index contributed by atoms with van der Waals surface area (Å²) in [6.45, 7) is 8.72. The van der Waals surface area contributed by atoms with Crippen LogP contribution in [0.4, 0.5) is 5.69 Å². The number of anilines is 1. The molecule has 28 heavy (non-hydrogen) atoms. The van der Waals surface area contributed by atoms with Crippen LogP contribution in [-0.4, -0.2) is 23.6 Å². The molecule has 0 fully saturated rings. The first-order valence-corrected chi connectivity index (χ1v) is 9.92. The van der Waals surface area contributed by atoms with Crippen LogP contribution in [0.25, 0.3) is 11.3 Å². The van der Waals surface area contributed by atoms with E-state index in [0.29, 0.717) is 17.1 Å². The number of aromatic nitrogens is 1. The highest BCUT2D eigenvalue weighted by atomic mass is 35.5. The van der Waals surface area contributed by atoms with Gasteiger partial charge in [0.15, 0.2) is 0 Å². The summed E-state index contributed by atoms with van der Waals surface area (Å²) in [5.74, 6) is -0.420. The summed E-state index contributed by atoms with van der Waals surface area (Å²) in [6.07, 6.45) is 0. The van der Waals surface area contributed by atoms with E-state index in [1.807, 2.05) is 37.3 Å². The minimum atomic E-state index is -0.420. The zero-order valence-electron chi connectivity index (χ0n) is 16.6. The average Bonchev–Trinajstić information content (AvgIpc) is 3.02. The van der Waals surface area contributed by atoms with Gasteiger partial charge in [0.1, 0.15) is 0 Å². The van der Waals surface area contributed by atoms with Crippen LogP contribution in [0.5, 0.6) is 0 Å². The van der Waals surface area contributed by atoms with Crippen molar-refractivity contribution in [1.29, 1.82) is 0 Å². The van der Waals surface area contributed by atoms with E-state index in [-0.39, 0.29) is 0 Å². The molecule has 0 atom stereocenters. The monoisotopic (exact) mass is 395 g/mol. The first-order valence-electron chi connectivity index (χ1n) is 9.55. The Bertz CT molecular complexity index is 972. The van der Waals surface area contributed by atoms with Crippen LogP contribution in [0.1, 0.15) is 35.5 Å². The molecule has 0 aliphatic rings. The SMILES string of the molecule is CCN(CC)c1ccc(-c2cc(C(N)=O)c(C)n2Cc2ccccc2Cl)cc1. The van der Waals surface area contributed by atoms with Crippen LogP contribution >= 0.6 is 11.6 Å². The standard InChI is InChI=1S/C23H26ClN3O/c1-4-26(5-2)19-12-10-17(11-13-19)22-14-20(23(25)28)16(3)27(22)15-18-8-6-7-9-21(18)24/h6-14H,4-5,15H2,1-3H3,(H2,25,28). The lowest BCUT2D eigenvalue weighted by Gasteiger charge is -2.21. The van der Waals surface area contributed by atoms with E-state index < -0.39 is 5.91 Å². The maximum Gasteiger partial charge on any atom is 0.250 e. The van der Waals surface area contributed by atoms with Gasteiger partial charge in [0.05, 0.1) is 5.56 Å². The Morgan fingerprint density at radius 1 is 1.07 bits per heavy atom. The van der Waals surface area contributed by atoms with Gasteiger partial charge in [0.25, 0.3) is 5.91 Å². The van der Waals surface area contributed by atoms with Crippen molar-refractivity contribution in [3.63, 3.8) is 0 Å². The second-order valence-electron chi connectivity index (χ2n) is 6.79. The molecule has 2 aromatic carbocycles. The third-order valence-corrected chi connectivity index (χ3v) is 5.58. The van der Waals surface area contributed by atoms with Crippen LogP contribution in [-0.2, 0) is 6.54 Å². The third-order valence-electron chi connectivity index (χ3n) is 5.21. The summed E-state index contributed by atoms with van der Waals surface area (Å²) in [6, 6.07) is 18.1. The molecule has 0 bridgehead atoms. The lowest BCUT2D eigenvalue weighted by molar-refractivity contribution is 0.0999. The van der Waals surface area contributed by atoms with Gasteiger partial charge in [0.2, 0.25) is 0 Å². The molecule has 0 unspecified atom stereocenters. The summed E-state index contributed by atoms with van der Waals surface area (Å²) >= 11 is 6.37. The van der Waals surface area contributed by atoms with E-state index in [1.165, 1.54) is 5.69 Å². The van der Waals surface area contributed by atoms with Crippen molar-refractivity contribution < 1.29 is 4.79 Å². The number of primary amides is 1. The number of rotatable bonds is 7. The van der Waals surface area contributed by atoms with E-state index >= 15 is 0 Å². The highest BCUT2D eigenvalue weighted by Gasteiger charge is 2.18. The average molecular weight is 396 g/mol. The molecular formula is C23H26ClN3O. The highest BCUT2D eigenvalue weighted by molar-refractivity contribution is 6.31. The molecule has 3 aromatic rings. The lowest BCUT2D eigenvalue weighted by Crippen LogP contribution is -2.21. The summed E-state index contributed by atoms with van der Waals surface area (Å²) < 4.78 is 2.10. The van der Waals surface area contributed by atoms with Gasteiger partial charge in [-0.15, -0.1) is 0 Å². The normalized spacial score (nSPS) is 10.9. The van der Waals surface area contributed by atoms with Gasteiger partial charge < -0.3 is 15.2 Å². The second-order valence-corrected chi connectivity index (χ2v) is 7.20. The topological polar surface area (TPSA) is 51.3 Å².